The van der Waals surface area contributed by atoms with Gasteiger partial charge in [-0.05, 0) is 71.9 Å². The lowest BCUT2D eigenvalue weighted by Gasteiger charge is -2.39. The molecule has 124 valence electrons. The Morgan fingerprint density at radius 2 is 1.67 bits per heavy atom. The molecule has 3 heteroatoms. The highest BCUT2D eigenvalue weighted by atomic mass is 32.3. The van der Waals surface area contributed by atoms with Crippen LogP contribution in [0.25, 0.3) is 22.0 Å². The van der Waals surface area contributed by atoms with Crippen LogP contribution in [0, 0.1) is 0 Å². The first kappa shape index (κ1) is 15.6. The van der Waals surface area contributed by atoms with E-state index in [1.165, 1.54) is 40.7 Å². The minimum atomic E-state index is -0.325. The molecule has 1 aromatic carbocycles. The fourth-order valence-corrected chi connectivity index (χ4v) is 5.74. The monoisotopic (exact) mass is 336 g/mol. The Kier molecular flexibility index (Phi) is 4.05. The first-order chi connectivity index (χ1) is 11.6. The van der Waals surface area contributed by atoms with Gasteiger partial charge in [0.2, 0.25) is 0 Å². The molecular formula is C21H24N2S. The van der Waals surface area contributed by atoms with Crippen molar-refractivity contribution >= 4 is 20.8 Å². The van der Waals surface area contributed by atoms with Crippen LogP contribution in [0.4, 0.5) is 0 Å². The topological polar surface area (TPSA) is 25.8 Å². The molecule has 0 atom stereocenters. The zero-order valence-electron chi connectivity index (χ0n) is 14.4. The van der Waals surface area contributed by atoms with E-state index in [-0.39, 0.29) is 10.0 Å². The minimum absolute atomic E-state index is 0.325. The van der Waals surface area contributed by atoms with Gasteiger partial charge in [0.25, 0.3) is 0 Å². The van der Waals surface area contributed by atoms with E-state index >= 15 is 0 Å². The summed E-state index contributed by atoms with van der Waals surface area (Å²) < 4.78 is 0. The largest absolute Gasteiger partial charge is 0.265 e. The Labute approximate surface area is 145 Å². The van der Waals surface area contributed by atoms with Gasteiger partial charge in [-0.1, -0.05) is 18.2 Å². The summed E-state index contributed by atoms with van der Waals surface area (Å²) in [6.07, 6.45) is 13.2. The number of pyridine rings is 2. The van der Waals surface area contributed by atoms with Crippen molar-refractivity contribution in [3.63, 3.8) is 0 Å². The molecule has 1 fully saturated rings. The number of hydrogen-bond acceptors (Lipinski definition) is 2. The first-order valence-corrected chi connectivity index (χ1v) is 11.4. The van der Waals surface area contributed by atoms with Crippen molar-refractivity contribution in [1.82, 2.24) is 9.97 Å². The molecule has 2 nitrogen and oxygen atoms in total. The van der Waals surface area contributed by atoms with Gasteiger partial charge in [0.05, 0.1) is 5.69 Å². The molecule has 0 amide bonds. The highest BCUT2D eigenvalue weighted by Gasteiger charge is 2.24. The number of hydrogen-bond donors (Lipinski definition) is 0. The quantitative estimate of drug-likeness (QED) is 0.639. The van der Waals surface area contributed by atoms with Crippen LogP contribution in [0.1, 0.15) is 24.3 Å². The Hall–Kier alpha value is -1.87. The lowest BCUT2D eigenvalue weighted by atomic mass is 9.91. The van der Waals surface area contributed by atoms with E-state index in [1.54, 1.807) is 0 Å². The maximum Gasteiger partial charge on any atom is 0.0781 e. The SMILES string of the molecule is CS1(C)CCC(c2ccc3c(-c4ccncc4)nccc3c2)CC1. The molecule has 0 aliphatic carbocycles. The van der Waals surface area contributed by atoms with Crippen molar-refractivity contribution in [3.05, 3.63) is 60.6 Å². The van der Waals surface area contributed by atoms with E-state index < -0.39 is 0 Å². The normalized spacial score (nSPS) is 19.2. The number of nitrogens with zero attached hydrogens (tertiary/aromatic N) is 2. The van der Waals surface area contributed by atoms with Gasteiger partial charge in [-0.3, -0.25) is 9.97 Å². The maximum absolute atomic E-state index is 4.61. The lowest BCUT2D eigenvalue weighted by molar-refractivity contribution is 0.632. The fourth-order valence-electron chi connectivity index (χ4n) is 3.69. The zero-order chi connectivity index (χ0) is 16.6. The molecule has 3 aromatic rings. The average molecular weight is 337 g/mol. The highest BCUT2D eigenvalue weighted by Crippen LogP contribution is 2.49. The van der Waals surface area contributed by atoms with Gasteiger partial charge in [0.1, 0.15) is 0 Å². The van der Waals surface area contributed by atoms with Crippen molar-refractivity contribution in [1.29, 1.82) is 0 Å². The van der Waals surface area contributed by atoms with Crippen LogP contribution in [0.5, 0.6) is 0 Å². The molecular weight excluding hydrogens is 312 g/mol. The molecule has 3 heterocycles. The number of rotatable bonds is 2. The van der Waals surface area contributed by atoms with Crippen molar-refractivity contribution in [2.45, 2.75) is 18.8 Å². The molecule has 0 unspecified atom stereocenters. The molecule has 1 aliphatic heterocycles. The third-order valence-electron chi connectivity index (χ3n) is 5.25. The molecule has 24 heavy (non-hydrogen) atoms. The summed E-state index contributed by atoms with van der Waals surface area (Å²) >= 11 is 0. The molecule has 0 radical (unpaired) electrons. The maximum atomic E-state index is 4.61. The molecule has 1 aliphatic rings. The van der Waals surface area contributed by atoms with Crippen molar-refractivity contribution < 1.29 is 0 Å². The second kappa shape index (κ2) is 6.21. The lowest BCUT2D eigenvalue weighted by Crippen LogP contribution is -2.18. The molecule has 0 N–H and O–H groups in total. The van der Waals surface area contributed by atoms with Gasteiger partial charge in [0, 0.05) is 29.5 Å². The van der Waals surface area contributed by atoms with Crippen LogP contribution in [0.2, 0.25) is 0 Å². The van der Waals surface area contributed by atoms with Crippen LogP contribution in [0.15, 0.2) is 55.0 Å². The van der Waals surface area contributed by atoms with Gasteiger partial charge in [-0.15, -0.1) is 0 Å². The second-order valence-electron chi connectivity index (χ2n) is 7.33. The average Bonchev–Trinajstić information content (AvgIpc) is 2.61. The van der Waals surface area contributed by atoms with E-state index in [0.717, 1.165) is 17.2 Å². The van der Waals surface area contributed by atoms with E-state index in [4.69, 9.17) is 0 Å². The highest BCUT2D eigenvalue weighted by molar-refractivity contribution is 8.32. The fraction of sp³-hybridized carbons (Fsp3) is 0.333. The summed E-state index contributed by atoms with van der Waals surface area (Å²) in [4.78, 5) is 8.73. The van der Waals surface area contributed by atoms with Gasteiger partial charge < -0.3 is 0 Å². The van der Waals surface area contributed by atoms with Gasteiger partial charge in [0.15, 0.2) is 0 Å². The predicted molar refractivity (Wildman–Crippen MR) is 106 cm³/mol. The molecule has 2 aromatic heterocycles. The molecule has 4 rings (SSSR count). The molecule has 0 saturated carbocycles. The van der Waals surface area contributed by atoms with E-state index in [0.29, 0.717) is 0 Å². The summed E-state index contributed by atoms with van der Waals surface area (Å²) in [5.74, 6) is 3.55. The van der Waals surface area contributed by atoms with Crippen LogP contribution in [-0.4, -0.2) is 34.0 Å². The van der Waals surface area contributed by atoms with Crippen molar-refractivity contribution in [2.75, 3.05) is 24.0 Å². The first-order valence-electron chi connectivity index (χ1n) is 8.60. The summed E-state index contributed by atoms with van der Waals surface area (Å²) in [6.45, 7) is 0. The van der Waals surface area contributed by atoms with Gasteiger partial charge >= 0.3 is 0 Å². The standard InChI is InChI=1S/C21H24N2S/c1-24(2)13-8-16(9-14-24)18-3-4-20-19(15-18)7-12-23-21(20)17-5-10-22-11-6-17/h3-7,10-12,15-16H,8-9,13-14H2,1-2H3. The Bertz CT molecular complexity index is 848. The minimum Gasteiger partial charge on any atom is -0.265 e. The van der Waals surface area contributed by atoms with Crippen LogP contribution in [0.3, 0.4) is 0 Å². The summed E-state index contributed by atoms with van der Waals surface area (Å²) in [5.41, 5.74) is 3.69. The Morgan fingerprint density at radius 3 is 2.42 bits per heavy atom. The van der Waals surface area contributed by atoms with E-state index in [1.807, 2.05) is 30.7 Å². The molecule has 0 spiro atoms. The van der Waals surface area contributed by atoms with Crippen molar-refractivity contribution in [3.8, 4) is 11.3 Å². The third kappa shape index (κ3) is 3.05. The second-order valence-corrected chi connectivity index (χ2v) is 11.7. The zero-order valence-corrected chi connectivity index (χ0v) is 15.2. The predicted octanol–water partition coefficient (Wildman–Crippen LogP) is 5.24. The van der Waals surface area contributed by atoms with Crippen LogP contribution < -0.4 is 0 Å². The van der Waals surface area contributed by atoms with Gasteiger partial charge in [-0.25, -0.2) is 10.0 Å². The molecule has 0 bridgehead atoms. The summed E-state index contributed by atoms with van der Waals surface area (Å²) in [6, 6.07) is 13.2. The third-order valence-corrected chi connectivity index (χ3v) is 7.93. The number of benzene rings is 1. The summed E-state index contributed by atoms with van der Waals surface area (Å²) in [7, 11) is -0.325. The van der Waals surface area contributed by atoms with Gasteiger partial charge in [-0.2, -0.15) is 0 Å². The number of fused-ring (bicyclic) bond motifs is 1. The van der Waals surface area contributed by atoms with Crippen molar-refractivity contribution in [2.24, 2.45) is 0 Å². The van der Waals surface area contributed by atoms with Crippen LogP contribution >= 0.6 is 10.0 Å². The molecule has 1 saturated heterocycles. The van der Waals surface area contributed by atoms with E-state index in [9.17, 15) is 0 Å². The Balaban J connectivity index is 1.70. The van der Waals surface area contributed by atoms with E-state index in [2.05, 4.69) is 46.7 Å². The number of aromatic nitrogens is 2. The Morgan fingerprint density at radius 1 is 0.917 bits per heavy atom. The smallest absolute Gasteiger partial charge is 0.0781 e. The summed E-state index contributed by atoms with van der Waals surface area (Å²) in [5, 5.41) is 2.53. The van der Waals surface area contributed by atoms with Crippen LogP contribution in [-0.2, 0) is 0 Å².